The second kappa shape index (κ2) is 6.53. The van der Waals surface area contributed by atoms with Gasteiger partial charge in [-0.15, -0.1) is 0 Å². The van der Waals surface area contributed by atoms with Gasteiger partial charge in [0.15, 0.2) is 6.04 Å². The van der Waals surface area contributed by atoms with Crippen molar-refractivity contribution in [3.05, 3.63) is 27.7 Å². The van der Waals surface area contributed by atoms with E-state index < -0.39 is 24.6 Å². The van der Waals surface area contributed by atoms with Crippen molar-refractivity contribution in [2.24, 2.45) is 0 Å². The number of carbonyl (C=O) groups excluding carboxylic acids is 1. The van der Waals surface area contributed by atoms with Gasteiger partial charge in [-0.3, -0.25) is 0 Å². The number of nitrogens with one attached hydrogen (secondary N) is 2. The van der Waals surface area contributed by atoms with Gasteiger partial charge in [0.1, 0.15) is 0 Å². The number of benzene rings is 1. The van der Waals surface area contributed by atoms with Crippen LogP contribution in [0.4, 0.5) is 10.5 Å². The summed E-state index contributed by atoms with van der Waals surface area (Å²) in [4.78, 5) is 22.2. The van der Waals surface area contributed by atoms with Crippen LogP contribution in [0.25, 0.3) is 0 Å². The van der Waals surface area contributed by atoms with Gasteiger partial charge >= 0.3 is 12.0 Å². The predicted octanol–water partition coefficient (Wildman–Crippen LogP) is 1.63. The van der Waals surface area contributed by atoms with Crippen LogP contribution in [0.3, 0.4) is 0 Å². The molecule has 4 N–H and O–H groups in total. The van der Waals surface area contributed by atoms with Crippen molar-refractivity contribution >= 4 is 33.6 Å². The monoisotopic (exact) mass is 330 g/mol. The number of aliphatic hydroxyl groups excluding tert-OH is 1. The number of halogens is 1. The summed E-state index contributed by atoms with van der Waals surface area (Å²) in [5.41, 5.74) is 2.46. The van der Waals surface area contributed by atoms with E-state index in [4.69, 9.17) is 10.2 Å². The molecule has 0 aliphatic heterocycles. The van der Waals surface area contributed by atoms with E-state index in [1.807, 2.05) is 13.8 Å². The van der Waals surface area contributed by atoms with Gasteiger partial charge in [0.25, 0.3) is 0 Å². The lowest BCUT2D eigenvalue weighted by molar-refractivity contribution is -0.140. The number of carboxylic acid groups (broad SMARTS) is 1. The van der Waals surface area contributed by atoms with Crippen LogP contribution in [-0.4, -0.2) is 34.9 Å². The fraction of sp³-hybridized carbons (Fsp3) is 0.333. The first-order chi connectivity index (χ1) is 8.85. The van der Waals surface area contributed by atoms with Crippen molar-refractivity contribution in [1.29, 1.82) is 0 Å². The Balaban J connectivity index is 2.75. The highest BCUT2D eigenvalue weighted by Crippen LogP contribution is 2.24. The van der Waals surface area contributed by atoms with Crippen molar-refractivity contribution < 1.29 is 19.8 Å². The Kier molecular flexibility index (Phi) is 5.31. The normalized spacial score (nSPS) is 11.8. The summed E-state index contributed by atoms with van der Waals surface area (Å²) < 4.78 is 0.956. The minimum absolute atomic E-state index is 0.553. The van der Waals surface area contributed by atoms with E-state index in [1.54, 1.807) is 12.1 Å². The molecule has 0 saturated heterocycles. The summed E-state index contributed by atoms with van der Waals surface area (Å²) in [6.07, 6.45) is 0. The third kappa shape index (κ3) is 4.22. The van der Waals surface area contributed by atoms with E-state index in [1.165, 1.54) is 0 Å². The lowest BCUT2D eigenvalue weighted by Crippen LogP contribution is -2.45. The molecule has 1 atom stereocenters. The van der Waals surface area contributed by atoms with E-state index >= 15 is 0 Å². The third-order valence-corrected chi connectivity index (χ3v) is 3.73. The first-order valence-electron chi connectivity index (χ1n) is 5.53. The van der Waals surface area contributed by atoms with Crippen LogP contribution in [0, 0.1) is 13.8 Å². The lowest BCUT2D eigenvalue weighted by Gasteiger charge is -2.14. The first-order valence-corrected chi connectivity index (χ1v) is 6.32. The average molecular weight is 331 g/mol. The van der Waals surface area contributed by atoms with Crippen LogP contribution in [0.1, 0.15) is 11.1 Å². The highest BCUT2D eigenvalue weighted by Gasteiger charge is 2.18. The number of aryl methyl sites for hydroxylation is 2. The summed E-state index contributed by atoms with van der Waals surface area (Å²) in [5.74, 6) is -1.29. The van der Waals surface area contributed by atoms with E-state index in [2.05, 4.69) is 26.6 Å². The summed E-state index contributed by atoms with van der Waals surface area (Å²) in [7, 11) is 0. The minimum Gasteiger partial charge on any atom is -0.480 e. The number of hydrogen-bond acceptors (Lipinski definition) is 3. The number of amides is 2. The standard InChI is InChI=1S/C12H15BrN2O4/c1-6-3-8(4-7(2)10(6)13)14-12(19)15-9(5-16)11(17)18/h3-4,9,16H,5H2,1-2H3,(H,17,18)(H2,14,15,19). The molecule has 0 aliphatic carbocycles. The molecule has 0 aromatic heterocycles. The molecule has 0 radical (unpaired) electrons. The molecule has 0 aliphatic rings. The van der Waals surface area contributed by atoms with Gasteiger partial charge in [0.05, 0.1) is 6.61 Å². The number of urea groups is 1. The Bertz CT molecular complexity index is 481. The van der Waals surface area contributed by atoms with Gasteiger partial charge in [-0.25, -0.2) is 9.59 Å². The van der Waals surface area contributed by atoms with Crippen LogP contribution in [0.5, 0.6) is 0 Å². The van der Waals surface area contributed by atoms with Gasteiger partial charge in [0, 0.05) is 10.2 Å². The number of rotatable bonds is 4. The molecule has 0 bridgehead atoms. The number of carboxylic acids is 1. The summed E-state index contributed by atoms with van der Waals surface area (Å²) >= 11 is 3.41. The Labute approximate surface area is 118 Å². The molecule has 2 amide bonds. The van der Waals surface area contributed by atoms with Crippen LogP contribution < -0.4 is 10.6 Å². The van der Waals surface area contributed by atoms with Gasteiger partial charge in [-0.05, 0) is 37.1 Å². The highest BCUT2D eigenvalue weighted by atomic mass is 79.9. The molecular formula is C12H15BrN2O4. The Morgan fingerprint density at radius 2 is 1.84 bits per heavy atom. The average Bonchev–Trinajstić information content (AvgIpc) is 2.32. The predicted molar refractivity (Wildman–Crippen MR) is 74.3 cm³/mol. The van der Waals surface area contributed by atoms with Crippen molar-refractivity contribution in [1.82, 2.24) is 5.32 Å². The molecule has 0 saturated carbocycles. The molecule has 6 nitrogen and oxygen atoms in total. The zero-order chi connectivity index (χ0) is 14.6. The van der Waals surface area contributed by atoms with Crippen LogP contribution >= 0.6 is 15.9 Å². The molecule has 0 heterocycles. The summed E-state index contributed by atoms with van der Waals surface area (Å²) in [6.45, 7) is 3.10. The maximum atomic E-state index is 11.6. The highest BCUT2D eigenvalue weighted by molar-refractivity contribution is 9.10. The maximum absolute atomic E-state index is 11.6. The van der Waals surface area contributed by atoms with Crippen molar-refractivity contribution in [3.63, 3.8) is 0 Å². The van der Waals surface area contributed by atoms with Crippen molar-refractivity contribution in [3.8, 4) is 0 Å². The molecule has 0 spiro atoms. The van der Waals surface area contributed by atoms with Crippen LogP contribution in [0.2, 0.25) is 0 Å². The smallest absolute Gasteiger partial charge is 0.328 e. The molecule has 7 heteroatoms. The molecule has 104 valence electrons. The molecular weight excluding hydrogens is 316 g/mol. The number of aliphatic carboxylic acids is 1. The second-order valence-corrected chi connectivity index (χ2v) is 4.89. The fourth-order valence-electron chi connectivity index (χ4n) is 1.53. The van der Waals surface area contributed by atoms with E-state index in [0.717, 1.165) is 15.6 Å². The van der Waals surface area contributed by atoms with E-state index in [0.29, 0.717) is 5.69 Å². The summed E-state index contributed by atoms with van der Waals surface area (Å²) in [5, 5.41) is 22.2. The van der Waals surface area contributed by atoms with Crippen molar-refractivity contribution in [2.45, 2.75) is 19.9 Å². The zero-order valence-electron chi connectivity index (χ0n) is 10.5. The second-order valence-electron chi connectivity index (χ2n) is 4.10. The van der Waals surface area contributed by atoms with Gasteiger partial charge in [-0.1, -0.05) is 15.9 Å². The minimum atomic E-state index is -1.32. The Hall–Kier alpha value is -1.60. The van der Waals surface area contributed by atoms with Gasteiger partial charge in [-0.2, -0.15) is 0 Å². The Morgan fingerprint density at radius 3 is 2.26 bits per heavy atom. The number of hydrogen-bond donors (Lipinski definition) is 4. The third-order valence-electron chi connectivity index (χ3n) is 2.48. The largest absolute Gasteiger partial charge is 0.480 e. The molecule has 1 unspecified atom stereocenters. The lowest BCUT2D eigenvalue weighted by atomic mass is 10.1. The quantitative estimate of drug-likeness (QED) is 0.674. The number of anilines is 1. The maximum Gasteiger partial charge on any atom is 0.328 e. The van der Waals surface area contributed by atoms with Crippen molar-refractivity contribution in [2.75, 3.05) is 11.9 Å². The molecule has 0 fully saturated rings. The number of carbonyl (C=O) groups is 2. The molecule has 1 aromatic carbocycles. The van der Waals surface area contributed by atoms with Crippen LogP contribution in [0.15, 0.2) is 16.6 Å². The van der Waals surface area contributed by atoms with Crippen LogP contribution in [-0.2, 0) is 4.79 Å². The topological polar surface area (TPSA) is 98.7 Å². The summed E-state index contributed by atoms with van der Waals surface area (Å²) in [6, 6.07) is 1.51. The van der Waals surface area contributed by atoms with E-state index in [-0.39, 0.29) is 0 Å². The zero-order valence-corrected chi connectivity index (χ0v) is 12.1. The first kappa shape index (κ1) is 15.5. The van der Waals surface area contributed by atoms with Gasteiger partial charge < -0.3 is 20.8 Å². The number of aliphatic hydroxyl groups is 1. The fourth-order valence-corrected chi connectivity index (χ4v) is 1.76. The van der Waals surface area contributed by atoms with E-state index in [9.17, 15) is 9.59 Å². The molecule has 1 aromatic rings. The van der Waals surface area contributed by atoms with Gasteiger partial charge in [0.2, 0.25) is 0 Å². The molecule has 1 rings (SSSR count). The Morgan fingerprint density at radius 1 is 1.32 bits per heavy atom. The SMILES string of the molecule is Cc1cc(NC(=O)NC(CO)C(=O)O)cc(C)c1Br. The molecule has 19 heavy (non-hydrogen) atoms.